The molecule has 6 nitrogen and oxygen atoms in total. The van der Waals surface area contributed by atoms with Gasteiger partial charge in [-0.1, -0.05) is 0 Å². The number of nitrogens with one attached hydrogen (secondary N) is 2. The van der Waals surface area contributed by atoms with Gasteiger partial charge in [0.05, 0.1) is 12.1 Å². The summed E-state index contributed by atoms with van der Waals surface area (Å²) in [5, 5.41) is 6.79. The number of aromatic nitrogens is 1. The minimum absolute atomic E-state index is 0. The normalized spacial score (nSPS) is 14.9. The van der Waals surface area contributed by atoms with Gasteiger partial charge >= 0.3 is 0 Å². The number of nitrogens with two attached hydrogens (primary N) is 1. The van der Waals surface area contributed by atoms with Crippen molar-refractivity contribution in [2.75, 3.05) is 45.0 Å². The highest BCUT2D eigenvalue weighted by Gasteiger charge is 2.12. The minimum Gasteiger partial charge on any atom is -0.375 e. The van der Waals surface area contributed by atoms with Gasteiger partial charge < -0.3 is 16.4 Å². The van der Waals surface area contributed by atoms with Crippen molar-refractivity contribution in [2.24, 2.45) is 0 Å². The molecule has 0 saturated carbocycles. The molecular weight excluding hydrogens is 333 g/mol. The van der Waals surface area contributed by atoms with Crippen LogP contribution in [0.4, 0.5) is 5.13 Å². The van der Waals surface area contributed by atoms with E-state index >= 15 is 0 Å². The zero-order valence-electron chi connectivity index (χ0n) is 12.1. The fraction of sp³-hybridized carbons (Fsp3) is 0.667. The second-order valence-electron chi connectivity index (χ2n) is 4.68. The maximum absolute atomic E-state index is 11.8. The van der Waals surface area contributed by atoms with Crippen LogP contribution in [0.1, 0.15) is 10.6 Å². The lowest BCUT2D eigenvalue weighted by Crippen LogP contribution is -2.46. The highest BCUT2D eigenvalue weighted by molar-refractivity contribution is 7.15. The Bertz CT molecular complexity index is 437. The van der Waals surface area contributed by atoms with Gasteiger partial charge in [-0.15, -0.1) is 36.2 Å². The van der Waals surface area contributed by atoms with Gasteiger partial charge in [0.25, 0.3) is 0 Å². The third-order valence-corrected chi connectivity index (χ3v) is 4.18. The van der Waals surface area contributed by atoms with Crippen molar-refractivity contribution >= 4 is 47.2 Å². The summed E-state index contributed by atoms with van der Waals surface area (Å²) in [4.78, 5) is 19.2. The van der Waals surface area contributed by atoms with Crippen molar-refractivity contribution in [3.63, 3.8) is 0 Å². The van der Waals surface area contributed by atoms with Crippen LogP contribution < -0.4 is 16.4 Å². The van der Waals surface area contributed by atoms with E-state index in [9.17, 15) is 4.79 Å². The SMILES string of the molecule is Cc1nc(N)sc1CC(=O)NCCN1CCNCC1.Cl.Cl. The molecule has 1 aromatic heterocycles. The lowest BCUT2D eigenvalue weighted by Gasteiger charge is -2.27. The van der Waals surface area contributed by atoms with Crippen molar-refractivity contribution in [1.82, 2.24) is 20.5 Å². The molecule has 122 valence electrons. The molecule has 0 atom stereocenters. The second-order valence-corrected chi connectivity index (χ2v) is 5.79. The average Bonchev–Trinajstić information content (AvgIpc) is 2.69. The van der Waals surface area contributed by atoms with E-state index in [-0.39, 0.29) is 30.7 Å². The zero-order chi connectivity index (χ0) is 13.7. The minimum atomic E-state index is 0. The number of amides is 1. The van der Waals surface area contributed by atoms with Gasteiger partial charge in [0.15, 0.2) is 5.13 Å². The number of nitrogens with zero attached hydrogens (tertiary/aromatic N) is 2. The summed E-state index contributed by atoms with van der Waals surface area (Å²) in [5.74, 6) is 0.0434. The molecule has 0 aromatic carbocycles. The topological polar surface area (TPSA) is 83.3 Å². The lowest BCUT2D eigenvalue weighted by atomic mass is 10.3. The quantitative estimate of drug-likeness (QED) is 0.713. The summed E-state index contributed by atoms with van der Waals surface area (Å²) >= 11 is 1.39. The summed E-state index contributed by atoms with van der Waals surface area (Å²) in [6.07, 6.45) is 0.377. The Hall–Kier alpha value is -0.600. The lowest BCUT2D eigenvalue weighted by molar-refractivity contribution is -0.120. The number of carbonyl (C=O) groups excluding carboxylic acids is 1. The molecule has 1 fully saturated rings. The molecule has 1 aliphatic rings. The van der Waals surface area contributed by atoms with Gasteiger partial charge in [-0.25, -0.2) is 4.98 Å². The number of hydrogen-bond donors (Lipinski definition) is 3. The predicted octanol–water partition coefficient (Wildman–Crippen LogP) is 0.441. The van der Waals surface area contributed by atoms with Crippen LogP contribution in [0, 0.1) is 6.92 Å². The molecule has 1 amide bonds. The molecule has 0 aliphatic carbocycles. The third kappa shape index (κ3) is 6.80. The molecule has 1 saturated heterocycles. The Morgan fingerprint density at radius 1 is 1.43 bits per heavy atom. The van der Waals surface area contributed by atoms with Crippen LogP contribution in [0.15, 0.2) is 0 Å². The Kier molecular flexibility index (Phi) is 9.89. The van der Waals surface area contributed by atoms with E-state index in [0.29, 0.717) is 18.1 Å². The third-order valence-electron chi connectivity index (χ3n) is 3.19. The van der Waals surface area contributed by atoms with Crippen molar-refractivity contribution in [2.45, 2.75) is 13.3 Å². The van der Waals surface area contributed by atoms with Crippen LogP contribution in [0.25, 0.3) is 0 Å². The Morgan fingerprint density at radius 2 is 2.10 bits per heavy atom. The average molecular weight is 356 g/mol. The summed E-state index contributed by atoms with van der Waals surface area (Å²) < 4.78 is 0. The monoisotopic (exact) mass is 355 g/mol. The van der Waals surface area contributed by atoms with Crippen LogP contribution in [0.5, 0.6) is 0 Å². The zero-order valence-corrected chi connectivity index (χ0v) is 14.5. The molecule has 2 heterocycles. The van der Waals surface area contributed by atoms with Crippen molar-refractivity contribution < 1.29 is 4.79 Å². The molecule has 1 aromatic rings. The number of piperazine rings is 1. The summed E-state index contributed by atoms with van der Waals surface area (Å²) in [6.45, 7) is 7.68. The predicted molar refractivity (Wildman–Crippen MR) is 91.8 cm³/mol. The number of rotatable bonds is 5. The van der Waals surface area contributed by atoms with E-state index in [1.54, 1.807) is 0 Å². The smallest absolute Gasteiger partial charge is 0.225 e. The maximum Gasteiger partial charge on any atom is 0.225 e. The van der Waals surface area contributed by atoms with E-state index in [2.05, 4.69) is 20.5 Å². The van der Waals surface area contributed by atoms with E-state index in [0.717, 1.165) is 43.3 Å². The molecule has 0 spiro atoms. The number of aryl methyl sites for hydroxylation is 1. The Balaban J connectivity index is 0.00000200. The Labute approximate surface area is 141 Å². The highest BCUT2D eigenvalue weighted by atomic mass is 35.5. The summed E-state index contributed by atoms with van der Waals surface area (Å²) in [6, 6.07) is 0. The van der Waals surface area contributed by atoms with Gasteiger partial charge in [0.2, 0.25) is 5.91 Å². The van der Waals surface area contributed by atoms with Gasteiger partial charge in [0.1, 0.15) is 0 Å². The molecule has 4 N–H and O–H groups in total. The van der Waals surface area contributed by atoms with Crippen molar-refractivity contribution in [3.8, 4) is 0 Å². The first kappa shape index (κ1) is 20.4. The molecule has 1 aliphatic heterocycles. The molecule has 0 unspecified atom stereocenters. The second kappa shape index (κ2) is 10.2. The maximum atomic E-state index is 11.8. The van der Waals surface area contributed by atoms with Gasteiger partial charge in [-0.3, -0.25) is 9.69 Å². The summed E-state index contributed by atoms with van der Waals surface area (Å²) in [7, 11) is 0. The van der Waals surface area contributed by atoms with Gasteiger partial charge in [-0.05, 0) is 6.92 Å². The number of carbonyl (C=O) groups is 1. The van der Waals surface area contributed by atoms with Crippen LogP contribution in [0.2, 0.25) is 0 Å². The number of nitrogen functional groups attached to an aromatic ring is 1. The number of anilines is 1. The molecule has 0 radical (unpaired) electrons. The van der Waals surface area contributed by atoms with Crippen molar-refractivity contribution in [1.29, 1.82) is 0 Å². The first-order valence-corrected chi connectivity index (χ1v) is 7.38. The first-order chi connectivity index (χ1) is 9.15. The van der Waals surface area contributed by atoms with E-state index in [4.69, 9.17) is 5.73 Å². The van der Waals surface area contributed by atoms with Crippen molar-refractivity contribution in [3.05, 3.63) is 10.6 Å². The molecule has 21 heavy (non-hydrogen) atoms. The molecule has 0 bridgehead atoms. The fourth-order valence-electron chi connectivity index (χ4n) is 2.11. The molecule has 2 rings (SSSR count). The number of hydrogen-bond acceptors (Lipinski definition) is 6. The van der Waals surface area contributed by atoms with Crippen LogP contribution in [-0.2, 0) is 11.2 Å². The van der Waals surface area contributed by atoms with E-state index < -0.39 is 0 Å². The van der Waals surface area contributed by atoms with Crippen LogP contribution >= 0.6 is 36.2 Å². The Morgan fingerprint density at radius 3 is 2.67 bits per heavy atom. The largest absolute Gasteiger partial charge is 0.375 e. The summed E-state index contributed by atoms with van der Waals surface area (Å²) in [5.41, 5.74) is 6.48. The standard InChI is InChI=1S/C12H21N5OS.2ClH/c1-9-10(19-12(13)16-9)8-11(18)15-4-7-17-5-2-14-3-6-17;;/h14H,2-8H2,1H3,(H2,13,16)(H,15,18);2*1H. The number of halogens is 2. The van der Waals surface area contributed by atoms with E-state index in [1.807, 2.05) is 6.92 Å². The van der Waals surface area contributed by atoms with Gasteiger partial charge in [0, 0.05) is 44.1 Å². The van der Waals surface area contributed by atoms with Gasteiger partial charge in [-0.2, -0.15) is 0 Å². The highest BCUT2D eigenvalue weighted by Crippen LogP contribution is 2.19. The fourth-order valence-corrected chi connectivity index (χ4v) is 2.94. The van der Waals surface area contributed by atoms with E-state index in [1.165, 1.54) is 11.3 Å². The molecular formula is C12H23Cl2N5OS. The first-order valence-electron chi connectivity index (χ1n) is 6.56. The van der Waals surface area contributed by atoms with Crippen LogP contribution in [-0.4, -0.2) is 55.1 Å². The van der Waals surface area contributed by atoms with Crippen LogP contribution in [0.3, 0.4) is 0 Å². The molecule has 9 heteroatoms. The number of thiazole rings is 1.